The zero-order valence-electron chi connectivity index (χ0n) is 6.72. The summed E-state index contributed by atoms with van der Waals surface area (Å²) in [6.45, 7) is 6.12. The fourth-order valence-corrected chi connectivity index (χ4v) is 0.586. The zero-order valence-corrected chi connectivity index (χ0v) is 6.72. The van der Waals surface area contributed by atoms with E-state index in [0.717, 1.165) is 0 Å². The summed E-state index contributed by atoms with van der Waals surface area (Å²) in [5.74, 6) is -0.0799. The smallest absolute Gasteiger partial charge is 0.217 e. The molecule has 0 aliphatic carbocycles. The van der Waals surface area contributed by atoms with Gasteiger partial charge in [-0.05, 0) is 20.8 Å². The van der Waals surface area contributed by atoms with Gasteiger partial charge in [-0.2, -0.15) is 0 Å². The van der Waals surface area contributed by atoms with E-state index >= 15 is 0 Å². The molecule has 0 atom stereocenters. The summed E-state index contributed by atoms with van der Waals surface area (Å²) in [5.41, 5.74) is 0. The summed E-state index contributed by atoms with van der Waals surface area (Å²) in [6, 6.07) is 0. The molecule has 0 unspecified atom stereocenters. The van der Waals surface area contributed by atoms with Gasteiger partial charge in [-0.3, -0.25) is 4.79 Å². The van der Waals surface area contributed by atoms with Crippen LogP contribution in [-0.4, -0.2) is 25.3 Å². The van der Waals surface area contributed by atoms with Crippen LogP contribution in [-0.2, 0) is 14.3 Å². The Kier molecular flexibility index (Phi) is 5.16. The van der Waals surface area contributed by atoms with E-state index in [9.17, 15) is 4.79 Å². The maximum Gasteiger partial charge on any atom is 0.217 e. The quantitative estimate of drug-likeness (QED) is 0.542. The molecule has 0 radical (unpaired) electrons. The first-order valence-electron chi connectivity index (χ1n) is 3.46. The molecule has 0 aliphatic rings. The van der Waals surface area contributed by atoms with Gasteiger partial charge in [0.05, 0.1) is 0 Å². The van der Waals surface area contributed by atoms with Crippen LogP contribution in [0.3, 0.4) is 0 Å². The van der Waals surface area contributed by atoms with Crippen molar-refractivity contribution in [1.82, 2.24) is 0 Å². The molecule has 0 saturated heterocycles. The molecule has 0 aromatic rings. The molecule has 60 valence electrons. The third kappa shape index (κ3) is 3.58. The van der Waals surface area contributed by atoms with Gasteiger partial charge in [0, 0.05) is 13.2 Å². The second kappa shape index (κ2) is 5.38. The minimum absolute atomic E-state index is 0.0799. The molecule has 10 heavy (non-hydrogen) atoms. The first-order valence-corrected chi connectivity index (χ1v) is 3.46. The Balaban J connectivity index is 3.61. The molecule has 0 amide bonds. The topological polar surface area (TPSA) is 35.5 Å². The Hall–Kier alpha value is -0.410. The first kappa shape index (κ1) is 9.59. The molecule has 3 heteroatoms. The van der Waals surface area contributed by atoms with Crippen LogP contribution >= 0.6 is 0 Å². The summed E-state index contributed by atoms with van der Waals surface area (Å²) in [4.78, 5) is 10.7. The molecule has 0 aromatic heterocycles. The minimum atomic E-state index is -0.657. The number of ether oxygens (including phenoxy) is 2. The van der Waals surface area contributed by atoms with Crippen molar-refractivity contribution in [2.24, 2.45) is 0 Å². The number of ketones is 1. The molecule has 0 bridgehead atoms. The van der Waals surface area contributed by atoms with Gasteiger partial charge in [-0.25, -0.2) is 0 Å². The van der Waals surface area contributed by atoms with Crippen molar-refractivity contribution in [3.8, 4) is 0 Å². The molecule has 0 N–H and O–H groups in total. The van der Waals surface area contributed by atoms with E-state index in [1.54, 1.807) is 0 Å². The number of rotatable bonds is 5. The lowest BCUT2D eigenvalue weighted by molar-refractivity contribution is -0.165. The summed E-state index contributed by atoms with van der Waals surface area (Å²) in [7, 11) is 0. The first-order chi connectivity index (χ1) is 4.72. The normalized spacial score (nSPS) is 10.4. The summed E-state index contributed by atoms with van der Waals surface area (Å²) < 4.78 is 9.94. The SMILES string of the molecule is CCOC(OCC)C(C)=O. The molecule has 0 fully saturated rings. The van der Waals surface area contributed by atoms with Crippen LogP contribution in [0.25, 0.3) is 0 Å². The van der Waals surface area contributed by atoms with Crippen molar-refractivity contribution in [2.45, 2.75) is 27.1 Å². The van der Waals surface area contributed by atoms with Crippen LogP contribution in [0, 0.1) is 0 Å². The van der Waals surface area contributed by atoms with E-state index in [0.29, 0.717) is 13.2 Å². The van der Waals surface area contributed by atoms with Crippen LogP contribution in [0.15, 0.2) is 0 Å². The molecule has 0 rings (SSSR count). The average molecular weight is 146 g/mol. The largest absolute Gasteiger partial charge is 0.346 e. The molecular formula is C7H14O3. The third-order valence-corrected chi connectivity index (χ3v) is 0.968. The fourth-order valence-electron chi connectivity index (χ4n) is 0.586. The van der Waals surface area contributed by atoms with Gasteiger partial charge in [0.15, 0.2) is 5.78 Å². The monoisotopic (exact) mass is 146 g/mol. The van der Waals surface area contributed by atoms with Crippen LogP contribution in [0.4, 0.5) is 0 Å². The molecule has 0 spiro atoms. The number of carbonyl (C=O) groups is 1. The maximum atomic E-state index is 10.7. The maximum absolute atomic E-state index is 10.7. The fraction of sp³-hybridized carbons (Fsp3) is 0.857. The Morgan fingerprint density at radius 2 is 1.70 bits per heavy atom. The highest BCUT2D eigenvalue weighted by atomic mass is 16.7. The van der Waals surface area contributed by atoms with Crippen molar-refractivity contribution < 1.29 is 14.3 Å². The predicted octanol–water partition coefficient (Wildman–Crippen LogP) is 0.974. The van der Waals surface area contributed by atoms with E-state index in [4.69, 9.17) is 9.47 Å². The number of Topliss-reactive ketones (excluding diaryl/α,β-unsaturated/α-hetero) is 1. The number of hydrogen-bond acceptors (Lipinski definition) is 3. The summed E-state index contributed by atoms with van der Waals surface area (Å²) in [6.07, 6.45) is -0.657. The molecule has 0 aromatic carbocycles. The van der Waals surface area contributed by atoms with Crippen molar-refractivity contribution in [1.29, 1.82) is 0 Å². The van der Waals surface area contributed by atoms with Crippen LogP contribution in [0.2, 0.25) is 0 Å². The molecule has 0 saturated carbocycles. The van der Waals surface area contributed by atoms with Gasteiger partial charge in [0.2, 0.25) is 6.29 Å². The lowest BCUT2D eigenvalue weighted by Gasteiger charge is -2.12. The average Bonchev–Trinajstić information content (AvgIpc) is 1.87. The van der Waals surface area contributed by atoms with E-state index in [1.807, 2.05) is 13.8 Å². The Labute approximate surface area is 61.3 Å². The Bertz CT molecular complexity index is 95.0. The van der Waals surface area contributed by atoms with E-state index in [-0.39, 0.29) is 5.78 Å². The highest BCUT2D eigenvalue weighted by Crippen LogP contribution is 1.95. The molecule has 0 heterocycles. The standard InChI is InChI=1S/C7H14O3/c1-4-9-7(6(3)8)10-5-2/h7H,4-5H2,1-3H3. The summed E-state index contributed by atoms with van der Waals surface area (Å²) >= 11 is 0. The van der Waals surface area contributed by atoms with Crippen LogP contribution in [0.1, 0.15) is 20.8 Å². The Morgan fingerprint density at radius 1 is 1.30 bits per heavy atom. The molecular weight excluding hydrogens is 132 g/mol. The second-order valence-corrected chi connectivity index (χ2v) is 1.85. The van der Waals surface area contributed by atoms with Gasteiger partial charge >= 0.3 is 0 Å². The minimum Gasteiger partial charge on any atom is -0.346 e. The number of carbonyl (C=O) groups excluding carboxylic acids is 1. The highest BCUT2D eigenvalue weighted by Gasteiger charge is 2.12. The van der Waals surface area contributed by atoms with Crippen LogP contribution < -0.4 is 0 Å². The third-order valence-electron chi connectivity index (χ3n) is 0.968. The van der Waals surface area contributed by atoms with Crippen molar-refractivity contribution in [3.63, 3.8) is 0 Å². The highest BCUT2D eigenvalue weighted by molar-refractivity contribution is 5.79. The molecule has 3 nitrogen and oxygen atoms in total. The predicted molar refractivity (Wildman–Crippen MR) is 37.7 cm³/mol. The lowest BCUT2D eigenvalue weighted by Crippen LogP contribution is -2.25. The molecule has 0 aliphatic heterocycles. The van der Waals surface area contributed by atoms with E-state index in [2.05, 4.69) is 0 Å². The lowest BCUT2D eigenvalue weighted by atomic mass is 10.4. The van der Waals surface area contributed by atoms with Gasteiger partial charge < -0.3 is 9.47 Å². The van der Waals surface area contributed by atoms with Gasteiger partial charge in [0.25, 0.3) is 0 Å². The number of hydrogen-bond donors (Lipinski definition) is 0. The van der Waals surface area contributed by atoms with E-state index < -0.39 is 6.29 Å². The van der Waals surface area contributed by atoms with Crippen molar-refractivity contribution >= 4 is 5.78 Å². The van der Waals surface area contributed by atoms with Crippen LogP contribution in [0.5, 0.6) is 0 Å². The van der Waals surface area contributed by atoms with Gasteiger partial charge in [0.1, 0.15) is 0 Å². The van der Waals surface area contributed by atoms with Crippen molar-refractivity contribution in [3.05, 3.63) is 0 Å². The zero-order chi connectivity index (χ0) is 7.98. The van der Waals surface area contributed by atoms with Gasteiger partial charge in [-0.1, -0.05) is 0 Å². The summed E-state index contributed by atoms with van der Waals surface area (Å²) in [5, 5.41) is 0. The van der Waals surface area contributed by atoms with E-state index in [1.165, 1.54) is 6.92 Å². The second-order valence-electron chi connectivity index (χ2n) is 1.85. The van der Waals surface area contributed by atoms with Gasteiger partial charge in [-0.15, -0.1) is 0 Å². The Morgan fingerprint density at radius 3 is 1.90 bits per heavy atom. The van der Waals surface area contributed by atoms with Crippen molar-refractivity contribution in [2.75, 3.05) is 13.2 Å².